The molecule has 2 aromatic heterocycles. The summed E-state index contributed by atoms with van der Waals surface area (Å²) in [6.45, 7) is -0.344. The fourth-order valence-corrected chi connectivity index (χ4v) is 2.72. The zero-order valence-electron chi connectivity index (χ0n) is 11.8. The summed E-state index contributed by atoms with van der Waals surface area (Å²) < 4.78 is 22.9. The van der Waals surface area contributed by atoms with E-state index in [0.717, 1.165) is 0 Å². The average molecular weight is 345 g/mol. The molecule has 1 aliphatic heterocycles. The summed E-state index contributed by atoms with van der Waals surface area (Å²) in [6, 6.07) is 0. The third-order valence-corrected chi connectivity index (χ3v) is 3.99. The Labute approximate surface area is 129 Å². The van der Waals surface area contributed by atoms with Crippen molar-refractivity contribution in [2.45, 2.75) is 24.5 Å². The second kappa shape index (κ2) is 5.76. The molecule has 126 valence electrons. The summed E-state index contributed by atoms with van der Waals surface area (Å²) in [5.41, 5.74) is 16.5. The van der Waals surface area contributed by atoms with Crippen molar-refractivity contribution >= 4 is 24.7 Å². The molecule has 0 radical (unpaired) electrons. The van der Waals surface area contributed by atoms with Gasteiger partial charge >= 0.3 is 7.67 Å². The molecule has 13 heteroatoms. The number of fused-ring (bicyclic) bond motifs is 1. The predicted molar refractivity (Wildman–Crippen MR) is 77.6 cm³/mol. The number of ether oxygens (including phenoxy) is 1. The number of aromatic nitrogens is 4. The van der Waals surface area contributed by atoms with Gasteiger partial charge in [0, 0.05) is 0 Å². The van der Waals surface area contributed by atoms with E-state index in [2.05, 4.69) is 15.0 Å². The molecule has 0 unspecified atom stereocenters. The molecular weight excluding hydrogens is 329 g/mol. The molecule has 1 aliphatic rings. The molecule has 12 nitrogen and oxygen atoms in total. The van der Waals surface area contributed by atoms with E-state index in [4.69, 9.17) is 26.0 Å². The van der Waals surface area contributed by atoms with Crippen molar-refractivity contribution in [1.82, 2.24) is 19.5 Å². The number of rotatable bonds is 4. The number of anilines is 1. The van der Waals surface area contributed by atoms with E-state index < -0.39 is 32.2 Å². The Hall–Kier alpha value is -1.66. The smallest absolute Gasteiger partial charge is 0.335 e. The van der Waals surface area contributed by atoms with Gasteiger partial charge in [0.1, 0.15) is 30.2 Å². The van der Waals surface area contributed by atoms with Gasteiger partial charge in [-0.25, -0.2) is 26.0 Å². The van der Waals surface area contributed by atoms with Gasteiger partial charge in [-0.1, -0.05) is 0 Å². The van der Waals surface area contributed by atoms with Crippen LogP contribution in [0.25, 0.3) is 11.2 Å². The molecule has 8 N–H and O–H groups in total. The Bertz CT molecular complexity index is 763. The molecule has 23 heavy (non-hydrogen) atoms. The first kappa shape index (κ1) is 16.2. The monoisotopic (exact) mass is 345 g/mol. The number of hydrogen-bond acceptors (Lipinski definition) is 9. The van der Waals surface area contributed by atoms with Crippen LogP contribution in [0.1, 0.15) is 6.23 Å². The lowest BCUT2D eigenvalue weighted by Crippen LogP contribution is -2.34. The van der Waals surface area contributed by atoms with Crippen molar-refractivity contribution in [3.8, 4) is 0 Å². The van der Waals surface area contributed by atoms with Crippen molar-refractivity contribution < 1.29 is 24.0 Å². The fourth-order valence-electron chi connectivity index (χ4n) is 2.34. The molecular formula is C10H16N7O5P. The summed E-state index contributed by atoms with van der Waals surface area (Å²) >= 11 is 0. The molecule has 1 fully saturated rings. The number of nitrogen functional groups attached to an aromatic ring is 1. The standard InChI is InChI=1S/C10H16N7O5P/c11-8-5-9(15-2-14-8)17(3-16-5)10-7(19)6(18)4(22-10)1-21-23(12,13)20/h2-4,6-7,10,18-19H,1H2,(H2,11,14,15)(H4,12,13,20)/t4-,6-,7+,10-/m1/s1. The maximum Gasteiger partial charge on any atom is 0.335 e. The van der Waals surface area contributed by atoms with Crippen LogP contribution >= 0.6 is 7.67 Å². The van der Waals surface area contributed by atoms with E-state index in [1.54, 1.807) is 0 Å². The molecule has 3 heterocycles. The highest BCUT2D eigenvalue weighted by Gasteiger charge is 2.44. The maximum absolute atomic E-state index is 11.2. The zero-order valence-corrected chi connectivity index (χ0v) is 12.7. The van der Waals surface area contributed by atoms with Crippen LogP contribution in [0.15, 0.2) is 12.7 Å². The van der Waals surface area contributed by atoms with Gasteiger partial charge in [0.25, 0.3) is 0 Å². The van der Waals surface area contributed by atoms with E-state index in [1.807, 2.05) is 0 Å². The number of aliphatic hydroxyl groups excluding tert-OH is 2. The van der Waals surface area contributed by atoms with Crippen molar-refractivity contribution in [3.63, 3.8) is 0 Å². The summed E-state index contributed by atoms with van der Waals surface area (Å²) in [5.74, 6) is 0.175. The molecule has 0 aromatic carbocycles. The SMILES string of the molecule is Nc1ncnc2c1ncn2[C@@H]1O[C@H](COP(N)(N)=O)[C@@H](O)[C@@H]1O. The highest BCUT2D eigenvalue weighted by Crippen LogP contribution is 2.34. The quantitative estimate of drug-likeness (QED) is 0.387. The van der Waals surface area contributed by atoms with Gasteiger partial charge in [0.15, 0.2) is 17.7 Å². The molecule has 3 rings (SSSR count). The number of aliphatic hydroxyl groups is 2. The molecule has 0 spiro atoms. The van der Waals surface area contributed by atoms with Crippen molar-refractivity contribution in [3.05, 3.63) is 12.7 Å². The van der Waals surface area contributed by atoms with Gasteiger partial charge in [-0.2, -0.15) is 0 Å². The maximum atomic E-state index is 11.2. The minimum Gasteiger partial charge on any atom is -0.387 e. The number of imidazole rings is 1. The van der Waals surface area contributed by atoms with Crippen molar-refractivity contribution in [2.24, 2.45) is 11.0 Å². The highest BCUT2D eigenvalue weighted by molar-refractivity contribution is 7.53. The summed E-state index contributed by atoms with van der Waals surface area (Å²) in [4.78, 5) is 11.9. The minimum atomic E-state index is -3.72. The Balaban J connectivity index is 1.85. The number of nitrogens with zero attached hydrogens (tertiary/aromatic N) is 4. The van der Waals surface area contributed by atoms with Crippen LogP contribution in [-0.4, -0.2) is 54.7 Å². The Morgan fingerprint density at radius 2 is 2.04 bits per heavy atom. The first-order valence-electron chi connectivity index (χ1n) is 6.54. The third kappa shape index (κ3) is 3.05. The minimum absolute atomic E-state index is 0.175. The van der Waals surface area contributed by atoms with Crippen molar-refractivity contribution in [2.75, 3.05) is 12.3 Å². The van der Waals surface area contributed by atoms with Gasteiger partial charge in [-0.15, -0.1) is 0 Å². The molecule has 1 saturated heterocycles. The van der Waals surface area contributed by atoms with Crippen molar-refractivity contribution in [1.29, 1.82) is 0 Å². The van der Waals surface area contributed by atoms with Gasteiger partial charge in [-0.3, -0.25) is 9.13 Å². The van der Waals surface area contributed by atoms with Crippen LogP contribution in [0.4, 0.5) is 5.82 Å². The largest absolute Gasteiger partial charge is 0.387 e. The predicted octanol–water partition coefficient (Wildman–Crippen LogP) is -1.93. The zero-order chi connectivity index (χ0) is 16.8. The first-order valence-corrected chi connectivity index (χ1v) is 8.30. The van der Waals surface area contributed by atoms with Crippen LogP contribution in [0.2, 0.25) is 0 Å². The third-order valence-electron chi connectivity index (χ3n) is 3.44. The highest BCUT2D eigenvalue weighted by atomic mass is 31.2. The lowest BCUT2D eigenvalue weighted by Gasteiger charge is -2.16. The number of hydrogen-bond donors (Lipinski definition) is 5. The lowest BCUT2D eigenvalue weighted by molar-refractivity contribution is -0.0472. The van der Waals surface area contributed by atoms with Gasteiger partial charge in [0.05, 0.1) is 12.9 Å². The fraction of sp³-hybridized carbons (Fsp3) is 0.500. The Morgan fingerprint density at radius 1 is 1.30 bits per heavy atom. The number of nitrogens with two attached hydrogens (primary N) is 3. The molecule has 0 amide bonds. The van der Waals surface area contributed by atoms with Crippen LogP contribution in [-0.2, 0) is 13.8 Å². The topological polar surface area (TPSA) is 198 Å². The Kier molecular flexibility index (Phi) is 4.06. The van der Waals surface area contributed by atoms with E-state index in [0.29, 0.717) is 11.2 Å². The van der Waals surface area contributed by atoms with Crippen LogP contribution in [0.5, 0.6) is 0 Å². The van der Waals surface area contributed by atoms with Crippen LogP contribution in [0.3, 0.4) is 0 Å². The van der Waals surface area contributed by atoms with Crippen LogP contribution < -0.4 is 16.7 Å². The van der Waals surface area contributed by atoms with E-state index >= 15 is 0 Å². The molecule has 0 saturated carbocycles. The van der Waals surface area contributed by atoms with Crippen LogP contribution in [0, 0.1) is 0 Å². The van der Waals surface area contributed by atoms with Gasteiger partial charge in [-0.05, 0) is 0 Å². The lowest BCUT2D eigenvalue weighted by atomic mass is 10.1. The first-order chi connectivity index (χ1) is 10.8. The molecule has 4 atom stereocenters. The van der Waals surface area contributed by atoms with Gasteiger partial charge < -0.3 is 25.2 Å². The average Bonchev–Trinajstić information content (AvgIpc) is 3.01. The summed E-state index contributed by atoms with van der Waals surface area (Å²) in [7, 11) is -3.72. The second-order valence-corrected chi connectivity index (χ2v) is 6.62. The second-order valence-electron chi connectivity index (χ2n) is 5.07. The normalized spacial score (nSPS) is 28.5. The molecule has 0 aliphatic carbocycles. The van der Waals surface area contributed by atoms with Gasteiger partial charge in [0.2, 0.25) is 0 Å². The van der Waals surface area contributed by atoms with E-state index in [-0.39, 0.29) is 12.4 Å². The molecule has 2 aromatic rings. The Morgan fingerprint density at radius 3 is 2.74 bits per heavy atom. The van der Waals surface area contributed by atoms with E-state index in [1.165, 1.54) is 17.2 Å². The summed E-state index contributed by atoms with van der Waals surface area (Å²) in [5, 5.41) is 20.2. The molecule has 0 bridgehead atoms. The summed E-state index contributed by atoms with van der Waals surface area (Å²) in [6.07, 6.45) is -1.97. The van der Waals surface area contributed by atoms with E-state index in [9.17, 15) is 14.8 Å².